The molecule has 2 aromatic rings. The number of aromatic hydroxyl groups is 1. The molecule has 2 N–H and O–H groups in total. The molecule has 0 radical (unpaired) electrons. The minimum atomic E-state index is -0.536. The van der Waals surface area contributed by atoms with Crippen molar-refractivity contribution < 1.29 is 9.90 Å². The number of aromatic amines is 1. The Kier molecular flexibility index (Phi) is 5.58. The van der Waals surface area contributed by atoms with Crippen LogP contribution in [-0.2, 0) is 4.79 Å². The zero-order valence-corrected chi connectivity index (χ0v) is 15.1. The summed E-state index contributed by atoms with van der Waals surface area (Å²) in [6, 6.07) is 9.48. The van der Waals surface area contributed by atoms with Crippen LogP contribution in [0.4, 0.5) is 11.4 Å². The molecule has 26 heavy (non-hydrogen) atoms. The molecule has 1 unspecified atom stereocenters. The van der Waals surface area contributed by atoms with E-state index in [2.05, 4.69) is 14.9 Å². The molecule has 0 fully saturated rings. The van der Waals surface area contributed by atoms with Gasteiger partial charge in [-0.15, -0.1) is 0 Å². The van der Waals surface area contributed by atoms with Gasteiger partial charge in [0.2, 0.25) is 0 Å². The Hall–Kier alpha value is -3.40. The Labute approximate surface area is 151 Å². The fourth-order valence-corrected chi connectivity index (χ4v) is 2.33. The van der Waals surface area contributed by atoms with Gasteiger partial charge in [0.05, 0.1) is 18.2 Å². The number of nitrogens with one attached hydrogen (secondary N) is 1. The lowest BCUT2D eigenvalue weighted by molar-refractivity contribution is -0.119. The van der Waals surface area contributed by atoms with Crippen LogP contribution in [0.1, 0.15) is 25.0 Å². The monoisotopic (exact) mass is 352 g/mol. The van der Waals surface area contributed by atoms with Gasteiger partial charge >= 0.3 is 0 Å². The first kappa shape index (κ1) is 18.9. The molecule has 1 aliphatic rings. The predicted octanol–water partition coefficient (Wildman–Crippen LogP) is 3.29. The number of rotatable bonds is 1. The highest BCUT2D eigenvalue weighted by Crippen LogP contribution is 2.23. The fraction of sp³-hybridized carbons (Fsp3) is 0.263. The van der Waals surface area contributed by atoms with Crippen molar-refractivity contribution >= 4 is 23.0 Å². The lowest BCUT2D eigenvalue weighted by Gasteiger charge is -2.11. The van der Waals surface area contributed by atoms with Gasteiger partial charge in [-0.1, -0.05) is 18.2 Å². The third-order valence-electron chi connectivity index (χ3n) is 4.30. The van der Waals surface area contributed by atoms with Crippen molar-refractivity contribution in [3.8, 4) is 5.88 Å². The summed E-state index contributed by atoms with van der Waals surface area (Å²) in [4.78, 5) is 28.0. The zero-order valence-electron chi connectivity index (χ0n) is 15.1. The maximum atomic E-state index is 11.7. The number of hydrogen-bond acceptors (Lipinski definition) is 4. The predicted molar refractivity (Wildman–Crippen MR) is 101 cm³/mol. The molecular weight excluding hydrogens is 332 g/mol. The molecule has 7 nitrogen and oxygen atoms in total. The summed E-state index contributed by atoms with van der Waals surface area (Å²) < 4.78 is 0. The minimum absolute atomic E-state index is 0.0466. The van der Waals surface area contributed by atoms with Crippen LogP contribution in [0.3, 0.4) is 0 Å². The topological polar surface area (TPSA) is 90.1 Å². The van der Waals surface area contributed by atoms with Crippen LogP contribution in [0.25, 0.3) is 4.85 Å². The van der Waals surface area contributed by atoms with E-state index in [-0.39, 0.29) is 23.4 Å². The van der Waals surface area contributed by atoms with Crippen molar-refractivity contribution in [2.45, 2.75) is 27.7 Å². The second-order valence-corrected chi connectivity index (χ2v) is 5.96. The van der Waals surface area contributed by atoms with Gasteiger partial charge in [0.1, 0.15) is 0 Å². The van der Waals surface area contributed by atoms with Gasteiger partial charge < -0.3 is 10.1 Å². The molecule has 2 heterocycles. The molecule has 0 aliphatic carbocycles. The summed E-state index contributed by atoms with van der Waals surface area (Å²) in [5.74, 6) is -0.200. The molecule has 3 rings (SSSR count). The third-order valence-corrected chi connectivity index (χ3v) is 4.30. The standard InChI is InChI=1S/C11H12N2O.C8H8N2O2/c1-8-9(2)12-13(11(8)14)10-6-4-3-5-7-10;1-4-5(2)7(11)10-8(12)6(4)9-3/h3-8H,1-2H3;1-2H3,(H2,10,11,12). The summed E-state index contributed by atoms with van der Waals surface area (Å²) >= 11 is 0. The van der Waals surface area contributed by atoms with E-state index in [1.165, 1.54) is 5.01 Å². The first-order chi connectivity index (χ1) is 12.3. The molecule has 1 aromatic carbocycles. The van der Waals surface area contributed by atoms with Crippen molar-refractivity contribution in [1.29, 1.82) is 0 Å². The Morgan fingerprint density at radius 3 is 2.27 bits per heavy atom. The molecule has 0 saturated carbocycles. The maximum absolute atomic E-state index is 11.7. The number of aromatic nitrogens is 1. The Bertz CT molecular complexity index is 955. The molecule has 7 heteroatoms. The van der Waals surface area contributed by atoms with E-state index in [1.54, 1.807) is 13.8 Å². The highest BCUT2D eigenvalue weighted by Gasteiger charge is 2.30. The number of amides is 1. The molecule has 1 amide bonds. The zero-order chi connectivity index (χ0) is 19.4. The van der Waals surface area contributed by atoms with Gasteiger partial charge in [-0.3, -0.25) is 9.59 Å². The largest absolute Gasteiger partial charge is 0.494 e. The number of carbonyl (C=O) groups is 1. The van der Waals surface area contributed by atoms with Crippen LogP contribution in [0.5, 0.6) is 5.88 Å². The van der Waals surface area contributed by atoms with Crippen LogP contribution >= 0.6 is 0 Å². The van der Waals surface area contributed by atoms with E-state index in [9.17, 15) is 9.59 Å². The summed E-state index contributed by atoms with van der Waals surface area (Å²) in [6.07, 6.45) is 0. The highest BCUT2D eigenvalue weighted by molar-refractivity contribution is 6.14. The second-order valence-electron chi connectivity index (χ2n) is 5.96. The van der Waals surface area contributed by atoms with E-state index in [0.717, 1.165) is 11.4 Å². The number of pyridine rings is 1. The number of hydrogen-bond donors (Lipinski definition) is 2. The van der Waals surface area contributed by atoms with Gasteiger partial charge in [0.25, 0.3) is 17.2 Å². The second kappa shape index (κ2) is 7.66. The first-order valence-electron chi connectivity index (χ1n) is 8.02. The van der Waals surface area contributed by atoms with Crippen LogP contribution in [0.2, 0.25) is 0 Å². The van der Waals surface area contributed by atoms with Crippen molar-refractivity contribution in [2.24, 2.45) is 11.0 Å². The third kappa shape index (κ3) is 3.64. The molecule has 0 saturated heterocycles. The summed E-state index contributed by atoms with van der Waals surface area (Å²) in [6.45, 7) is 13.8. The van der Waals surface area contributed by atoms with Crippen molar-refractivity contribution in [1.82, 2.24) is 4.98 Å². The Balaban J connectivity index is 0.000000190. The van der Waals surface area contributed by atoms with Gasteiger partial charge in [-0.25, -0.2) is 9.85 Å². The van der Waals surface area contributed by atoms with Crippen LogP contribution in [0.15, 0.2) is 40.2 Å². The first-order valence-corrected chi connectivity index (χ1v) is 8.02. The number of anilines is 1. The van der Waals surface area contributed by atoms with E-state index in [1.807, 2.05) is 44.2 Å². The molecule has 134 valence electrons. The van der Waals surface area contributed by atoms with E-state index < -0.39 is 5.56 Å². The average molecular weight is 352 g/mol. The van der Waals surface area contributed by atoms with Gasteiger partial charge in [-0.05, 0) is 45.4 Å². The average Bonchev–Trinajstić information content (AvgIpc) is 2.89. The quantitative estimate of drug-likeness (QED) is 0.772. The molecule has 1 aliphatic heterocycles. The van der Waals surface area contributed by atoms with E-state index in [0.29, 0.717) is 11.1 Å². The van der Waals surface area contributed by atoms with Crippen LogP contribution < -0.4 is 10.6 Å². The Morgan fingerprint density at radius 1 is 1.15 bits per heavy atom. The van der Waals surface area contributed by atoms with Crippen molar-refractivity contribution in [3.63, 3.8) is 0 Å². The molecular formula is C19H20N4O3. The number of benzene rings is 1. The fourth-order valence-electron chi connectivity index (χ4n) is 2.33. The molecule has 0 spiro atoms. The maximum Gasteiger partial charge on any atom is 0.257 e. The number of H-pyrrole nitrogens is 1. The summed E-state index contributed by atoms with van der Waals surface area (Å²) in [5.41, 5.74) is 2.29. The number of nitrogens with zero attached hydrogens (tertiary/aromatic N) is 3. The molecule has 1 aromatic heterocycles. The SMILES string of the molecule is CC1=NN(c2ccccc2)C(=O)C1C.[C-]#[N+]c1c(C)c(C)c(O)[nH]c1=O. The van der Waals surface area contributed by atoms with Gasteiger partial charge in [0.15, 0.2) is 5.88 Å². The van der Waals surface area contributed by atoms with Gasteiger partial charge in [-0.2, -0.15) is 5.10 Å². The van der Waals surface area contributed by atoms with Crippen LogP contribution in [-0.4, -0.2) is 21.7 Å². The number of carbonyl (C=O) groups excluding carboxylic acids is 1. The van der Waals surface area contributed by atoms with E-state index >= 15 is 0 Å². The number of hydrazone groups is 1. The van der Waals surface area contributed by atoms with Gasteiger partial charge in [0, 0.05) is 11.3 Å². The lowest BCUT2D eigenvalue weighted by Crippen LogP contribution is -2.24. The smallest absolute Gasteiger partial charge is 0.257 e. The Morgan fingerprint density at radius 2 is 1.77 bits per heavy atom. The van der Waals surface area contributed by atoms with Crippen LogP contribution in [0, 0.1) is 26.3 Å². The number of para-hydroxylation sites is 1. The molecule has 0 bridgehead atoms. The minimum Gasteiger partial charge on any atom is -0.494 e. The molecule has 1 atom stereocenters. The normalized spacial score (nSPS) is 15.8. The van der Waals surface area contributed by atoms with E-state index in [4.69, 9.17) is 11.7 Å². The summed E-state index contributed by atoms with van der Waals surface area (Å²) in [5, 5.41) is 14.8. The van der Waals surface area contributed by atoms with Crippen molar-refractivity contribution in [2.75, 3.05) is 5.01 Å². The lowest BCUT2D eigenvalue weighted by atomic mass is 10.1. The van der Waals surface area contributed by atoms with Crippen molar-refractivity contribution in [3.05, 3.63) is 63.2 Å². The highest BCUT2D eigenvalue weighted by atomic mass is 16.3. The summed E-state index contributed by atoms with van der Waals surface area (Å²) in [7, 11) is 0.